The molecule has 1 aromatic heterocycles. The lowest BCUT2D eigenvalue weighted by Gasteiger charge is -2.29. The topological polar surface area (TPSA) is 89.0 Å². The van der Waals surface area contributed by atoms with Crippen LogP contribution in [-0.2, 0) is 15.9 Å². The molecule has 1 amide bonds. The Labute approximate surface area is 194 Å². The number of ether oxygens (including phenoxy) is 2. The van der Waals surface area contributed by atoms with Crippen LogP contribution in [0.4, 0.5) is 4.79 Å². The van der Waals surface area contributed by atoms with Crippen molar-refractivity contribution >= 4 is 46.6 Å². The molecule has 10 heteroatoms. The smallest absolute Gasteiger partial charge is 0.410 e. The Morgan fingerprint density at radius 3 is 2.68 bits per heavy atom. The summed E-state index contributed by atoms with van der Waals surface area (Å²) in [5, 5.41) is 12.2. The molecular weight excluding hydrogens is 463 g/mol. The molecule has 0 bridgehead atoms. The third-order valence-corrected chi connectivity index (χ3v) is 6.28. The number of aromatic nitrogens is 1. The average molecular weight is 487 g/mol. The number of halogens is 2. The van der Waals surface area contributed by atoms with Crippen LogP contribution in [0.5, 0.6) is 0 Å². The first-order chi connectivity index (χ1) is 14.5. The molecule has 0 unspecified atom stereocenters. The number of benzene rings is 1. The van der Waals surface area contributed by atoms with Crippen LogP contribution in [0.1, 0.15) is 47.9 Å². The number of rotatable bonds is 4. The maximum absolute atomic E-state index is 12.7. The minimum Gasteiger partial charge on any atom is -0.476 e. The monoisotopic (exact) mass is 486 g/mol. The lowest BCUT2D eigenvalue weighted by Crippen LogP contribution is -2.40. The van der Waals surface area contributed by atoms with E-state index in [2.05, 4.69) is 4.98 Å². The van der Waals surface area contributed by atoms with Gasteiger partial charge in [-0.25, -0.2) is 14.6 Å². The second kappa shape index (κ2) is 9.73. The van der Waals surface area contributed by atoms with E-state index in [1.54, 1.807) is 17.0 Å². The number of carboxylic acids is 1. The normalized spacial score (nSPS) is 19.7. The number of hydrogen-bond donors (Lipinski definition) is 1. The zero-order valence-corrected chi connectivity index (χ0v) is 19.8. The van der Waals surface area contributed by atoms with Gasteiger partial charge >= 0.3 is 12.1 Å². The van der Waals surface area contributed by atoms with Crippen molar-refractivity contribution in [2.45, 2.75) is 38.9 Å². The lowest BCUT2D eigenvalue weighted by molar-refractivity contribution is 0.0231. The van der Waals surface area contributed by atoms with Gasteiger partial charge in [0.05, 0.1) is 27.8 Å². The fraction of sp³-hybridized carbons (Fsp3) is 0.476. The van der Waals surface area contributed by atoms with Crippen molar-refractivity contribution in [1.82, 2.24) is 9.88 Å². The van der Waals surface area contributed by atoms with Crippen LogP contribution in [0.25, 0.3) is 0 Å². The fourth-order valence-electron chi connectivity index (χ4n) is 3.34. The Kier molecular flexibility index (Phi) is 7.47. The summed E-state index contributed by atoms with van der Waals surface area (Å²) < 4.78 is 11.7. The second-order valence-corrected chi connectivity index (χ2v) is 10.0. The first kappa shape index (κ1) is 23.8. The van der Waals surface area contributed by atoms with Gasteiger partial charge in [0.15, 0.2) is 5.69 Å². The highest BCUT2D eigenvalue weighted by molar-refractivity contribution is 7.09. The summed E-state index contributed by atoms with van der Waals surface area (Å²) in [6, 6.07) is 5.32. The number of aromatic carboxylic acids is 1. The van der Waals surface area contributed by atoms with Crippen molar-refractivity contribution in [1.29, 1.82) is 0 Å². The number of carbonyl (C=O) groups excluding carboxylic acids is 1. The van der Waals surface area contributed by atoms with Gasteiger partial charge in [-0.2, -0.15) is 0 Å². The van der Waals surface area contributed by atoms with Crippen molar-refractivity contribution in [2.75, 3.05) is 19.7 Å². The van der Waals surface area contributed by atoms with Crippen molar-refractivity contribution in [3.8, 4) is 0 Å². The number of nitrogens with zero attached hydrogens (tertiary/aromatic N) is 2. The van der Waals surface area contributed by atoms with E-state index in [0.717, 1.165) is 5.56 Å². The van der Waals surface area contributed by atoms with E-state index in [-0.39, 0.29) is 17.7 Å². The highest BCUT2D eigenvalue weighted by atomic mass is 35.5. The van der Waals surface area contributed by atoms with Crippen LogP contribution in [0, 0.1) is 5.92 Å². The minimum absolute atomic E-state index is 0.00428. The van der Waals surface area contributed by atoms with Gasteiger partial charge in [-0.05, 0) is 38.5 Å². The van der Waals surface area contributed by atoms with E-state index in [1.807, 2.05) is 26.8 Å². The summed E-state index contributed by atoms with van der Waals surface area (Å²) in [6.45, 7) is 6.51. The molecule has 0 radical (unpaired) electrons. The lowest BCUT2D eigenvalue weighted by atomic mass is 9.92. The minimum atomic E-state index is -1.07. The van der Waals surface area contributed by atoms with E-state index < -0.39 is 17.7 Å². The van der Waals surface area contributed by atoms with Gasteiger partial charge in [0, 0.05) is 30.8 Å². The quantitative estimate of drug-likeness (QED) is 0.629. The maximum atomic E-state index is 12.7. The van der Waals surface area contributed by atoms with Gasteiger partial charge in [-0.3, -0.25) is 0 Å². The van der Waals surface area contributed by atoms with E-state index >= 15 is 0 Å². The van der Waals surface area contributed by atoms with Crippen molar-refractivity contribution in [3.05, 3.63) is 49.9 Å². The molecule has 168 valence electrons. The first-order valence-electron chi connectivity index (χ1n) is 9.75. The third-order valence-electron chi connectivity index (χ3n) is 4.67. The summed E-state index contributed by atoms with van der Waals surface area (Å²) in [5.74, 6) is -1.27. The van der Waals surface area contributed by atoms with Crippen LogP contribution in [0.2, 0.25) is 10.0 Å². The Bertz CT molecular complexity index is 959. The van der Waals surface area contributed by atoms with Crippen molar-refractivity contribution in [2.24, 2.45) is 5.92 Å². The summed E-state index contributed by atoms with van der Waals surface area (Å²) in [5.41, 5.74) is 0.222. The predicted molar refractivity (Wildman–Crippen MR) is 119 cm³/mol. The van der Waals surface area contributed by atoms with E-state index in [9.17, 15) is 14.7 Å². The standard InChI is InChI=1S/C21H24Cl2N2O5S/c1-21(2,3)30-20(28)25-6-7-29-18(12-4-5-14(22)15(23)8-12)13(10-25)9-17-24-16(11-31-17)19(26)27/h4-5,8,11,13,18H,6-7,9-10H2,1-3H3,(H,26,27)/t13-,18+/m1/s1. The molecule has 0 saturated carbocycles. The Morgan fingerprint density at radius 1 is 1.32 bits per heavy atom. The Hall–Kier alpha value is -1.87. The SMILES string of the molecule is CC(C)(C)OC(=O)N1CCO[C@@H](c2ccc(Cl)c(Cl)c2)[C@H](Cc2nc(C(=O)O)cs2)C1. The van der Waals surface area contributed by atoms with Gasteiger partial charge in [-0.1, -0.05) is 29.3 Å². The Morgan fingerprint density at radius 2 is 2.06 bits per heavy atom. The fourth-order valence-corrected chi connectivity index (χ4v) is 4.51. The molecule has 2 heterocycles. The van der Waals surface area contributed by atoms with E-state index in [1.165, 1.54) is 16.7 Å². The summed E-state index contributed by atoms with van der Waals surface area (Å²) in [6.07, 6.45) is -0.358. The van der Waals surface area contributed by atoms with Crippen molar-refractivity contribution in [3.63, 3.8) is 0 Å². The van der Waals surface area contributed by atoms with Crippen LogP contribution < -0.4 is 0 Å². The van der Waals surface area contributed by atoms with Crippen LogP contribution >= 0.6 is 34.5 Å². The van der Waals surface area contributed by atoms with Gasteiger partial charge in [0.2, 0.25) is 0 Å². The zero-order chi connectivity index (χ0) is 22.8. The number of amides is 1. The van der Waals surface area contributed by atoms with Gasteiger partial charge in [-0.15, -0.1) is 11.3 Å². The molecule has 1 N–H and O–H groups in total. The van der Waals surface area contributed by atoms with Gasteiger partial charge < -0.3 is 19.5 Å². The van der Waals surface area contributed by atoms with Crippen LogP contribution in [-0.4, -0.2) is 52.4 Å². The molecule has 0 spiro atoms. The number of carboxylic acid groups (broad SMARTS) is 1. The molecule has 3 rings (SSSR count). The molecule has 1 fully saturated rings. The second-order valence-electron chi connectivity index (χ2n) is 8.29. The maximum Gasteiger partial charge on any atom is 0.410 e. The largest absolute Gasteiger partial charge is 0.476 e. The number of thiazole rings is 1. The number of carbonyl (C=O) groups is 2. The van der Waals surface area contributed by atoms with E-state index in [0.29, 0.717) is 41.2 Å². The van der Waals surface area contributed by atoms with E-state index in [4.69, 9.17) is 32.7 Å². The molecule has 7 nitrogen and oxygen atoms in total. The highest BCUT2D eigenvalue weighted by Crippen LogP contribution is 2.35. The summed E-state index contributed by atoms with van der Waals surface area (Å²) >= 11 is 13.6. The molecule has 2 atom stereocenters. The number of hydrogen-bond acceptors (Lipinski definition) is 6. The summed E-state index contributed by atoms with van der Waals surface area (Å²) in [4.78, 5) is 29.8. The zero-order valence-electron chi connectivity index (χ0n) is 17.4. The highest BCUT2D eigenvalue weighted by Gasteiger charge is 2.34. The molecule has 1 saturated heterocycles. The molecular formula is C21H24Cl2N2O5S. The molecule has 0 aliphatic carbocycles. The summed E-state index contributed by atoms with van der Waals surface area (Å²) in [7, 11) is 0. The molecule has 1 aliphatic heterocycles. The molecule has 1 aliphatic rings. The molecule has 2 aromatic rings. The molecule has 1 aromatic carbocycles. The van der Waals surface area contributed by atoms with Crippen LogP contribution in [0.3, 0.4) is 0 Å². The molecule has 31 heavy (non-hydrogen) atoms. The van der Waals surface area contributed by atoms with Crippen LogP contribution in [0.15, 0.2) is 23.6 Å². The van der Waals surface area contributed by atoms with Gasteiger partial charge in [0.1, 0.15) is 5.60 Å². The van der Waals surface area contributed by atoms with Crippen molar-refractivity contribution < 1.29 is 24.2 Å². The first-order valence-corrected chi connectivity index (χ1v) is 11.4. The Balaban J connectivity index is 1.89. The third kappa shape index (κ3) is 6.32. The predicted octanol–water partition coefficient (Wildman–Crippen LogP) is 5.32. The average Bonchev–Trinajstić information content (AvgIpc) is 3.03. The van der Waals surface area contributed by atoms with Gasteiger partial charge in [0.25, 0.3) is 0 Å².